The van der Waals surface area contributed by atoms with Crippen LogP contribution in [-0.4, -0.2) is 17.6 Å². The summed E-state index contributed by atoms with van der Waals surface area (Å²) in [5.41, 5.74) is 1.52. The van der Waals surface area contributed by atoms with Crippen molar-refractivity contribution in [2.45, 2.75) is 20.0 Å². The highest BCUT2D eigenvalue weighted by Crippen LogP contribution is 2.15. The zero-order chi connectivity index (χ0) is 13.8. The van der Waals surface area contributed by atoms with Gasteiger partial charge in [-0.25, -0.2) is 0 Å². The second-order valence-electron chi connectivity index (χ2n) is 4.49. The van der Waals surface area contributed by atoms with E-state index in [1.807, 2.05) is 32.0 Å². The highest BCUT2D eigenvalue weighted by molar-refractivity contribution is 5.95. The third kappa shape index (κ3) is 3.23. The van der Waals surface area contributed by atoms with Crippen molar-refractivity contribution >= 4 is 5.91 Å². The molecular weight excluding hydrogens is 242 g/mol. The van der Waals surface area contributed by atoms with Gasteiger partial charge in [-0.3, -0.25) is 4.79 Å². The summed E-state index contributed by atoms with van der Waals surface area (Å²) in [4.78, 5) is 12.0. The van der Waals surface area contributed by atoms with Crippen LogP contribution in [0, 0.1) is 13.8 Å². The van der Waals surface area contributed by atoms with Gasteiger partial charge in [-0.05, 0) is 37.6 Å². The van der Waals surface area contributed by atoms with Crippen LogP contribution in [0.15, 0.2) is 40.8 Å². The average Bonchev–Trinajstić information content (AvgIpc) is 2.83. The summed E-state index contributed by atoms with van der Waals surface area (Å²) in [5.74, 6) is 1.00. The van der Waals surface area contributed by atoms with Gasteiger partial charge in [0.2, 0.25) is 0 Å². The van der Waals surface area contributed by atoms with Crippen LogP contribution in [0.1, 0.15) is 33.5 Å². The second-order valence-corrected chi connectivity index (χ2v) is 4.49. The molecule has 0 spiro atoms. The van der Waals surface area contributed by atoms with E-state index in [-0.39, 0.29) is 12.5 Å². The Morgan fingerprint density at radius 2 is 2.00 bits per heavy atom. The Morgan fingerprint density at radius 1 is 1.26 bits per heavy atom. The number of benzene rings is 1. The maximum absolute atomic E-state index is 12.0. The van der Waals surface area contributed by atoms with E-state index in [0.717, 1.165) is 11.3 Å². The van der Waals surface area contributed by atoms with E-state index in [2.05, 4.69) is 5.32 Å². The van der Waals surface area contributed by atoms with Crippen molar-refractivity contribution in [2.75, 3.05) is 6.54 Å². The van der Waals surface area contributed by atoms with Gasteiger partial charge in [-0.2, -0.15) is 0 Å². The number of nitrogens with one attached hydrogen (secondary N) is 1. The van der Waals surface area contributed by atoms with E-state index < -0.39 is 6.10 Å². The van der Waals surface area contributed by atoms with E-state index >= 15 is 0 Å². The molecule has 0 aliphatic rings. The van der Waals surface area contributed by atoms with E-state index in [1.54, 1.807) is 18.2 Å². The molecule has 2 N–H and O–H groups in total. The van der Waals surface area contributed by atoms with E-state index in [9.17, 15) is 9.90 Å². The number of rotatable bonds is 4. The monoisotopic (exact) mass is 259 g/mol. The molecule has 1 heterocycles. The SMILES string of the molecule is Cc1ccc(C(O)CNC(=O)c2ccccc2C)o1. The fraction of sp³-hybridized carbons (Fsp3) is 0.267. The van der Waals surface area contributed by atoms with Crippen LogP contribution in [0.5, 0.6) is 0 Å². The van der Waals surface area contributed by atoms with Crippen LogP contribution in [0.2, 0.25) is 0 Å². The molecule has 19 heavy (non-hydrogen) atoms. The van der Waals surface area contributed by atoms with E-state index in [4.69, 9.17) is 4.42 Å². The number of carbonyl (C=O) groups excluding carboxylic acids is 1. The number of carbonyl (C=O) groups is 1. The Balaban J connectivity index is 1.96. The smallest absolute Gasteiger partial charge is 0.251 e. The molecule has 100 valence electrons. The third-order valence-corrected chi connectivity index (χ3v) is 2.94. The summed E-state index contributed by atoms with van der Waals surface area (Å²) < 4.78 is 5.31. The third-order valence-electron chi connectivity index (χ3n) is 2.94. The summed E-state index contributed by atoms with van der Waals surface area (Å²) in [7, 11) is 0. The molecular formula is C15H17NO3. The molecule has 0 fully saturated rings. The molecule has 2 aromatic rings. The Morgan fingerprint density at radius 3 is 2.63 bits per heavy atom. The lowest BCUT2D eigenvalue weighted by atomic mass is 10.1. The summed E-state index contributed by atoms with van der Waals surface area (Å²) >= 11 is 0. The fourth-order valence-electron chi connectivity index (χ4n) is 1.85. The highest BCUT2D eigenvalue weighted by atomic mass is 16.4. The van der Waals surface area contributed by atoms with Crippen LogP contribution < -0.4 is 5.32 Å². The van der Waals surface area contributed by atoms with Crippen molar-refractivity contribution in [3.8, 4) is 0 Å². The van der Waals surface area contributed by atoms with Gasteiger partial charge in [0.05, 0.1) is 6.54 Å². The van der Waals surface area contributed by atoms with Gasteiger partial charge < -0.3 is 14.8 Å². The van der Waals surface area contributed by atoms with Gasteiger partial charge in [0.15, 0.2) is 0 Å². The second kappa shape index (κ2) is 5.71. The van der Waals surface area contributed by atoms with E-state index in [0.29, 0.717) is 11.3 Å². The average molecular weight is 259 g/mol. The van der Waals surface area contributed by atoms with Gasteiger partial charge in [0, 0.05) is 5.56 Å². The Labute approximate surface area is 112 Å². The minimum atomic E-state index is -0.832. The first-order valence-corrected chi connectivity index (χ1v) is 6.16. The first-order chi connectivity index (χ1) is 9.08. The minimum absolute atomic E-state index is 0.125. The molecule has 0 aliphatic carbocycles. The predicted octanol–water partition coefficient (Wildman–Crippen LogP) is 2.36. The lowest BCUT2D eigenvalue weighted by molar-refractivity contribution is 0.0900. The molecule has 4 nitrogen and oxygen atoms in total. The molecule has 4 heteroatoms. The summed E-state index contributed by atoms with van der Waals surface area (Å²) in [6.07, 6.45) is -0.832. The number of furan rings is 1. The van der Waals surface area contributed by atoms with Gasteiger partial charge in [0.25, 0.3) is 5.91 Å². The van der Waals surface area contributed by atoms with E-state index in [1.165, 1.54) is 0 Å². The van der Waals surface area contributed by atoms with Gasteiger partial charge in [0.1, 0.15) is 17.6 Å². The van der Waals surface area contributed by atoms with Crippen LogP contribution in [0.4, 0.5) is 0 Å². The number of aryl methyl sites for hydroxylation is 2. The zero-order valence-corrected chi connectivity index (χ0v) is 11.0. The number of aliphatic hydroxyl groups is 1. The number of hydrogen-bond donors (Lipinski definition) is 2. The van der Waals surface area contributed by atoms with Crippen molar-refractivity contribution in [3.05, 3.63) is 59.0 Å². The molecule has 1 aromatic carbocycles. The largest absolute Gasteiger partial charge is 0.464 e. The van der Waals surface area contributed by atoms with Crippen molar-refractivity contribution in [2.24, 2.45) is 0 Å². The molecule has 1 unspecified atom stereocenters. The topological polar surface area (TPSA) is 62.5 Å². The summed E-state index contributed by atoms with van der Waals surface area (Å²) in [5, 5.41) is 12.6. The lowest BCUT2D eigenvalue weighted by Gasteiger charge is -2.10. The van der Waals surface area contributed by atoms with Crippen molar-refractivity contribution in [1.29, 1.82) is 0 Å². The van der Waals surface area contributed by atoms with Crippen LogP contribution in [0.3, 0.4) is 0 Å². The Bertz CT molecular complexity index is 574. The number of hydrogen-bond acceptors (Lipinski definition) is 3. The molecule has 1 atom stereocenters. The molecule has 2 rings (SSSR count). The highest BCUT2D eigenvalue weighted by Gasteiger charge is 2.14. The van der Waals surface area contributed by atoms with Crippen LogP contribution in [-0.2, 0) is 0 Å². The normalized spacial score (nSPS) is 12.2. The molecule has 0 bridgehead atoms. The number of aliphatic hydroxyl groups excluding tert-OH is 1. The standard InChI is InChI=1S/C15H17NO3/c1-10-5-3-4-6-12(10)15(18)16-9-13(17)14-8-7-11(2)19-14/h3-8,13,17H,9H2,1-2H3,(H,16,18). The minimum Gasteiger partial charge on any atom is -0.464 e. The van der Waals surface area contributed by atoms with Crippen molar-refractivity contribution < 1.29 is 14.3 Å². The molecule has 0 radical (unpaired) electrons. The first-order valence-electron chi connectivity index (χ1n) is 6.16. The molecule has 0 saturated heterocycles. The zero-order valence-electron chi connectivity index (χ0n) is 11.0. The fourth-order valence-corrected chi connectivity index (χ4v) is 1.85. The molecule has 0 aliphatic heterocycles. The summed E-state index contributed by atoms with van der Waals surface area (Å²) in [6, 6.07) is 10.8. The molecule has 0 saturated carbocycles. The maximum atomic E-state index is 12.0. The molecule has 1 amide bonds. The Hall–Kier alpha value is -2.07. The van der Waals surface area contributed by atoms with Gasteiger partial charge in [-0.15, -0.1) is 0 Å². The maximum Gasteiger partial charge on any atom is 0.251 e. The van der Waals surface area contributed by atoms with Crippen LogP contribution >= 0.6 is 0 Å². The Kier molecular flexibility index (Phi) is 4.02. The van der Waals surface area contributed by atoms with Crippen molar-refractivity contribution in [3.63, 3.8) is 0 Å². The molecule has 1 aromatic heterocycles. The number of amides is 1. The lowest BCUT2D eigenvalue weighted by Crippen LogP contribution is -2.28. The quantitative estimate of drug-likeness (QED) is 0.886. The van der Waals surface area contributed by atoms with Crippen molar-refractivity contribution in [1.82, 2.24) is 5.32 Å². The predicted molar refractivity (Wildman–Crippen MR) is 71.9 cm³/mol. The van der Waals surface area contributed by atoms with Gasteiger partial charge in [-0.1, -0.05) is 18.2 Å². The first kappa shape index (κ1) is 13.4. The van der Waals surface area contributed by atoms with Gasteiger partial charge >= 0.3 is 0 Å². The van der Waals surface area contributed by atoms with Crippen LogP contribution in [0.25, 0.3) is 0 Å². The summed E-state index contributed by atoms with van der Waals surface area (Å²) in [6.45, 7) is 3.81.